The van der Waals surface area contributed by atoms with E-state index in [0.29, 0.717) is 50.4 Å². The van der Waals surface area contributed by atoms with E-state index in [2.05, 4.69) is 0 Å². The first kappa shape index (κ1) is 39.5. The van der Waals surface area contributed by atoms with Crippen LogP contribution in [0.25, 0.3) is 0 Å². The van der Waals surface area contributed by atoms with Crippen molar-refractivity contribution in [3.63, 3.8) is 0 Å². The van der Waals surface area contributed by atoms with Crippen LogP contribution < -0.4 is 9.47 Å². The van der Waals surface area contributed by atoms with Crippen LogP contribution in [0, 0.1) is 0 Å². The van der Waals surface area contributed by atoms with Crippen molar-refractivity contribution in [2.24, 2.45) is 0 Å². The van der Waals surface area contributed by atoms with E-state index in [9.17, 15) is 25.3 Å². The molecule has 0 aromatic heterocycles. The molecule has 276 valence electrons. The van der Waals surface area contributed by atoms with Crippen LogP contribution in [-0.4, -0.2) is 120 Å². The Morgan fingerprint density at radius 1 is 0.490 bits per heavy atom. The highest BCUT2D eigenvalue weighted by molar-refractivity contribution is 7.91. The Morgan fingerprint density at radius 2 is 0.837 bits per heavy atom. The number of likely N-dealkylation sites (tertiary alicyclic amines) is 2. The van der Waals surface area contributed by atoms with Crippen molar-refractivity contribution in [3.8, 4) is 11.5 Å². The van der Waals surface area contributed by atoms with Gasteiger partial charge >= 0.3 is 0 Å². The summed E-state index contributed by atoms with van der Waals surface area (Å²) in [7, 11) is -11.6. The van der Waals surface area contributed by atoms with Crippen molar-refractivity contribution in [1.29, 1.82) is 0 Å². The molecule has 15 heteroatoms. The van der Waals surface area contributed by atoms with Crippen LogP contribution in [0.4, 0.5) is 0 Å². The summed E-state index contributed by atoms with van der Waals surface area (Å²) in [6.45, 7) is 8.19. The van der Waals surface area contributed by atoms with E-state index in [1.165, 1.54) is 12.8 Å². The molecule has 2 aromatic carbocycles. The molecule has 0 unspecified atom stereocenters. The summed E-state index contributed by atoms with van der Waals surface area (Å²) < 4.78 is 103. The predicted molar refractivity (Wildman–Crippen MR) is 188 cm³/mol. The average molecular weight is 747 g/mol. The minimum atomic E-state index is -3.95. The third-order valence-electron chi connectivity index (χ3n) is 10.0. The van der Waals surface area contributed by atoms with Gasteiger partial charge in [-0.3, -0.25) is 9.11 Å². The summed E-state index contributed by atoms with van der Waals surface area (Å²) >= 11 is 0. The molecular weight excluding hydrogens is 693 g/mol. The summed E-state index contributed by atoms with van der Waals surface area (Å²) in [5, 5.41) is 0. The molecule has 2 aliphatic rings. The molecule has 0 spiro atoms. The lowest BCUT2D eigenvalue weighted by atomic mass is 10.1. The molecule has 0 aliphatic carbocycles. The molecule has 2 aromatic rings. The number of nitrogens with zero attached hydrogens (tertiary/aromatic N) is 2. The van der Waals surface area contributed by atoms with Gasteiger partial charge in [0.1, 0.15) is 37.8 Å². The zero-order valence-electron chi connectivity index (χ0n) is 28.5. The first-order valence-corrected chi connectivity index (χ1v) is 22.2. The highest BCUT2D eigenvalue weighted by Gasteiger charge is 2.31. The van der Waals surface area contributed by atoms with Crippen LogP contribution in [0.1, 0.15) is 64.2 Å². The van der Waals surface area contributed by atoms with Crippen LogP contribution in [0.2, 0.25) is 0 Å². The van der Waals surface area contributed by atoms with E-state index in [-0.39, 0.29) is 21.3 Å². The van der Waals surface area contributed by atoms with Crippen molar-refractivity contribution < 1.29 is 52.8 Å². The molecule has 2 aliphatic heterocycles. The van der Waals surface area contributed by atoms with Crippen molar-refractivity contribution >= 4 is 30.1 Å². The Balaban J connectivity index is 1.26. The zero-order valence-corrected chi connectivity index (χ0v) is 30.9. The molecular formula is C34H54N2O10S3+2. The van der Waals surface area contributed by atoms with Crippen LogP contribution in [0.15, 0.2) is 58.3 Å². The second-order valence-electron chi connectivity index (χ2n) is 13.7. The van der Waals surface area contributed by atoms with Gasteiger partial charge in [0.25, 0.3) is 20.2 Å². The predicted octanol–water partition coefficient (Wildman–Crippen LogP) is 4.61. The summed E-state index contributed by atoms with van der Waals surface area (Å²) in [6.07, 6.45) is 9.10. The van der Waals surface area contributed by atoms with Gasteiger partial charge in [0.2, 0.25) is 9.84 Å². The number of piperidine rings is 2. The van der Waals surface area contributed by atoms with Crippen LogP contribution in [0.5, 0.6) is 11.5 Å². The Labute approximate surface area is 293 Å². The second-order valence-corrected chi connectivity index (χ2v) is 18.8. The number of quaternary nitrogens is 2. The fourth-order valence-electron chi connectivity index (χ4n) is 7.23. The van der Waals surface area contributed by atoms with Crippen LogP contribution >= 0.6 is 0 Å². The molecule has 0 amide bonds. The van der Waals surface area contributed by atoms with E-state index in [1.54, 1.807) is 48.5 Å². The lowest BCUT2D eigenvalue weighted by molar-refractivity contribution is -0.932. The Bertz CT molecular complexity index is 1520. The van der Waals surface area contributed by atoms with Gasteiger partial charge < -0.3 is 18.4 Å². The van der Waals surface area contributed by atoms with Crippen molar-refractivity contribution in [2.75, 3.05) is 77.1 Å². The fraction of sp³-hybridized carbons (Fsp3) is 0.647. The first-order chi connectivity index (χ1) is 23.2. The molecule has 2 fully saturated rings. The largest absolute Gasteiger partial charge is 0.488 e. The first-order valence-electron chi connectivity index (χ1n) is 17.5. The molecule has 0 bridgehead atoms. The third kappa shape index (κ3) is 13.1. The third-order valence-corrected chi connectivity index (χ3v) is 13.4. The van der Waals surface area contributed by atoms with Gasteiger partial charge in [-0.2, -0.15) is 16.8 Å². The summed E-state index contributed by atoms with van der Waals surface area (Å²) in [5.74, 6) is 0.724. The minimum Gasteiger partial charge on any atom is -0.488 e. The number of ether oxygens (including phenoxy) is 2. The maximum atomic E-state index is 13.4. The fourth-order valence-corrected chi connectivity index (χ4v) is 9.63. The van der Waals surface area contributed by atoms with Crippen LogP contribution in [0.3, 0.4) is 0 Å². The molecule has 2 heterocycles. The quantitative estimate of drug-likeness (QED) is 0.111. The molecule has 49 heavy (non-hydrogen) atoms. The van der Waals surface area contributed by atoms with E-state index in [1.807, 2.05) is 0 Å². The van der Waals surface area contributed by atoms with Crippen molar-refractivity contribution in [1.82, 2.24) is 0 Å². The Morgan fingerprint density at radius 3 is 1.16 bits per heavy atom. The molecule has 4 rings (SSSR count). The van der Waals surface area contributed by atoms with Crippen LogP contribution in [-0.2, 0) is 30.1 Å². The second kappa shape index (κ2) is 17.8. The number of hydrogen-bond acceptors (Lipinski definition) is 8. The highest BCUT2D eigenvalue weighted by Crippen LogP contribution is 2.26. The lowest BCUT2D eigenvalue weighted by Crippen LogP contribution is -2.54. The van der Waals surface area contributed by atoms with Gasteiger partial charge in [0.05, 0.1) is 60.6 Å². The lowest BCUT2D eigenvalue weighted by Gasteiger charge is -2.41. The van der Waals surface area contributed by atoms with Crippen molar-refractivity contribution in [3.05, 3.63) is 48.5 Å². The van der Waals surface area contributed by atoms with E-state index in [4.69, 9.17) is 18.6 Å². The van der Waals surface area contributed by atoms with Gasteiger partial charge in [-0.15, -0.1) is 0 Å². The normalized spacial score (nSPS) is 18.2. The van der Waals surface area contributed by atoms with Crippen molar-refractivity contribution in [2.45, 2.75) is 74.0 Å². The maximum absolute atomic E-state index is 13.4. The molecule has 0 radical (unpaired) electrons. The van der Waals surface area contributed by atoms with E-state index < -0.39 is 30.1 Å². The number of rotatable bonds is 20. The summed E-state index contributed by atoms with van der Waals surface area (Å²) in [6, 6.07) is 12.9. The topological polar surface area (TPSA) is 161 Å². The van der Waals surface area contributed by atoms with Gasteiger partial charge in [0.15, 0.2) is 0 Å². The van der Waals surface area contributed by atoms with Gasteiger partial charge in [-0.05, 0) is 113 Å². The Kier molecular flexibility index (Phi) is 14.3. The van der Waals surface area contributed by atoms with E-state index in [0.717, 1.165) is 87.0 Å². The standard InChI is InChI=1S/C34H52N2O10S3/c37-47(38,39)29-9-7-23-35(19-3-1-4-20-35)25-27-45-31-11-15-33(16-12-31)49(43,44)34-17-13-32(14-18-34)46-28-26-36(21-5-2-6-22-36)24-8-10-30-48(40,41)42/h11-18H,1-10,19-30H2/p+2. The monoisotopic (exact) mass is 746 g/mol. The zero-order chi connectivity index (χ0) is 35.4. The highest BCUT2D eigenvalue weighted by atomic mass is 32.2. The average Bonchev–Trinajstić information content (AvgIpc) is 3.06. The summed E-state index contributed by atoms with van der Waals surface area (Å²) in [5.41, 5.74) is 0. The summed E-state index contributed by atoms with van der Waals surface area (Å²) in [4.78, 5) is 0.329. The number of benzene rings is 2. The smallest absolute Gasteiger partial charge is 0.264 e. The van der Waals surface area contributed by atoms with E-state index >= 15 is 0 Å². The molecule has 0 atom stereocenters. The number of sulfone groups is 1. The molecule has 2 N–H and O–H groups in total. The molecule has 12 nitrogen and oxygen atoms in total. The number of hydrogen-bond donors (Lipinski definition) is 2. The van der Waals surface area contributed by atoms with Gasteiger partial charge in [-0.1, -0.05) is 0 Å². The molecule has 0 saturated carbocycles. The van der Waals surface area contributed by atoms with Gasteiger partial charge in [0, 0.05) is 0 Å². The van der Waals surface area contributed by atoms with Gasteiger partial charge in [-0.25, -0.2) is 8.42 Å². The maximum Gasteiger partial charge on any atom is 0.264 e. The number of unbranched alkanes of at least 4 members (excludes halogenated alkanes) is 2. The molecule has 2 saturated heterocycles. The minimum absolute atomic E-state index is 0.164. The Hall–Kier alpha value is -2.27. The SMILES string of the molecule is O=S(=O)(O)CCCC[N+]1(CCOc2ccc(S(=O)(=O)c3ccc(OCC[N+]4(CCCCS(=O)(=O)O)CCCCC4)cc3)cc2)CCCCC1.